The van der Waals surface area contributed by atoms with E-state index in [9.17, 15) is 0 Å². The molecule has 4 bridgehead atoms. The highest BCUT2D eigenvalue weighted by atomic mass is 15.2. The maximum atomic E-state index is 9.16. The van der Waals surface area contributed by atoms with Crippen molar-refractivity contribution in [3.8, 4) is 6.07 Å². The van der Waals surface area contributed by atoms with Gasteiger partial charge in [0.25, 0.3) is 0 Å². The summed E-state index contributed by atoms with van der Waals surface area (Å²) in [6.45, 7) is 0.910. The average Bonchev–Trinajstić information content (AvgIpc) is 2.37. The lowest BCUT2D eigenvalue weighted by Gasteiger charge is -2.60. The lowest BCUT2D eigenvalue weighted by molar-refractivity contribution is -0.0751. The molecule has 0 amide bonds. The number of hydrogen-bond donors (Lipinski definition) is 0. The monoisotopic (exact) mass is 273 g/mol. The normalized spacial score (nSPS) is 39.1. The van der Waals surface area contributed by atoms with E-state index in [1.165, 1.54) is 38.5 Å². The highest BCUT2D eigenvalue weighted by Crippen LogP contribution is 2.57. The molecule has 0 aromatic heterocycles. The molecular formula is C17H27N3. The molecular weight excluding hydrogens is 246 g/mol. The first-order valence-electron chi connectivity index (χ1n) is 8.01. The summed E-state index contributed by atoms with van der Waals surface area (Å²) >= 11 is 0. The Hall–Kier alpha value is -1.01. The van der Waals surface area contributed by atoms with Gasteiger partial charge in [0.2, 0.25) is 0 Å². The van der Waals surface area contributed by atoms with Crippen LogP contribution in [0.25, 0.3) is 0 Å². The lowest BCUT2D eigenvalue weighted by Crippen LogP contribution is -2.58. The van der Waals surface area contributed by atoms with Crippen LogP contribution in [0.3, 0.4) is 0 Å². The van der Waals surface area contributed by atoms with Crippen LogP contribution in [0.2, 0.25) is 0 Å². The van der Waals surface area contributed by atoms with Crippen molar-refractivity contribution in [2.24, 2.45) is 17.8 Å². The van der Waals surface area contributed by atoms with E-state index >= 15 is 0 Å². The van der Waals surface area contributed by atoms with E-state index in [0.29, 0.717) is 5.54 Å². The molecule has 4 aliphatic carbocycles. The fourth-order valence-electron chi connectivity index (χ4n) is 5.28. The van der Waals surface area contributed by atoms with Crippen molar-refractivity contribution in [3.63, 3.8) is 0 Å². The van der Waals surface area contributed by atoms with E-state index in [1.54, 1.807) is 0 Å². The number of nitrogens with zero attached hydrogens (tertiary/aromatic N) is 3. The molecule has 0 N–H and O–H groups in total. The van der Waals surface area contributed by atoms with Crippen LogP contribution in [0, 0.1) is 29.1 Å². The minimum Gasteiger partial charge on any atom is -0.369 e. The maximum Gasteiger partial charge on any atom is 0.117 e. The highest BCUT2D eigenvalue weighted by Gasteiger charge is 2.52. The molecule has 0 aliphatic heterocycles. The van der Waals surface area contributed by atoms with Gasteiger partial charge in [-0.2, -0.15) is 5.26 Å². The first-order valence-corrected chi connectivity index (χ1v) is 8.01. The molecule has 3 heteroatoms. The molecule has 4 aliphatic rings. The Morgan fingerprint density at radius 1 is 1.10 bits per heavy atom. The Morgan fingerprint density at radius 3 is 2.00 bits per heavy atom. The van der Waals surface area contributed by atoms with Gasteiger partial charge in [0.15, 0.2) is 0 Å². The predicted octanol–water partition coefficient (Wildman–Crippen LogP) is 2.86. The van der Waals surface area contributed by atoms with E-state index in [4.69, 9.17) is 5.26 Å². The number of nitriles is 1. The van der Waals surface area contributed by atoms with Crippen molar-refractivity contribution in [2.45, 2.75) is 44.1 Å². The van der Waals surface area contributed by atoms with Gasteiger partial charge in [-0.25, -0.2) is 0 Å². The smallest absolute Gasteiger partial charge is 0.117 e. The molecule has 0 radical (unpaired) electrons. The summed E-state index contributed by atoms with van der Waals surface area (Å²) in [6, 6.07) is 2.29. The SMILES string of the molecule is CN(C)/C(C#N)=C/CN(C)C12CC3CC(CC(C3)C1)C2. The van der Waals surface area contributed by atoms with Gasteiger partial charge in [0.05, 0.1) is 0 Å². The number of hydrogen-bond acceptors (Lipinski definition) is 3. The molecule has 0 saturated heterocycles. The van der Waals surface area contributed by atoms with Gasteiger partial charge in [-0.1, -0.05) is 0 Å². The molecule has 20 heavy (non-hydrogen) atoms. The summed E-state index contributed by atoms with van der Waals surface area (Å²) in [6.07, 6.45) is 10.8. The van der Waals surface area contributed by atoms with Crippen LogP contribution in [0.4, 0.5) is 0 Å². The van der Waals surface area contributed by atoms with Crippen LogP contribution in [0.5, 0.6) is 0 Å². The highest BCUT2D eigenvalue weighted by molar-refractivity contribution is 5.19. The Morgan fingerprint density at radius 2 is 1.60 bits per heavy atom. The molecule has 0 atom stereocenters. The molecule has 110 valence electrons. The van der Waals surface area contributed by atoms with Gasteiger partial charge in [-0.05, 0) is 69.4 Å². The molecule has 3 nitrogen and oxygen atoms in total. The van der Waals surface area contributed by atoms with Crippen LogP contribution in [-0.2, 0) is 0 Å². The Kier molecular flexibility index (Phi) is 3.54. The third kappa shape index (κ3) is 2.35. The average molecular weight is 273 g/mol. The van der Waals surface area contributed by atoms with E-state index < -0.39 is 0 Å². The summed E-state index contributed by atoms with van der Waals surface area (Å²) in [4.78, 5) is 4.46. The second-order valence-corrected chi connectivity index (χ2v) is 7.62. The molecule has 0 unspecified atom stereocenters. The lowest BCUT2D eigenvalue weighted by atomic mass is 9.52. The van der Waals surface area contributed by atoms with Crippen molar-refractivity contribution in [1.82, 2.24) is 9.80 Å². The van der Waals surface area contributed by atoms with Crippen LogP contribution in [-0.4, -0.2) is 43.0 Å². The zero-order valence-corrected chi connectivity index (χ0v) is 13.1. The molecule has 0 aromatic rings. The minimum atomic E-state index is 0.443. The van der Waals surface area contributed by atoms with E-state index in [2.05, 4.69) is 24.1 Å². The summed E-state index contributed by atoms with van der Waals surface area (Å²) in [7, 11) is 6.16. The molecule has 0 heterocycles. The zero-order valence-electron chi connectivity index (χ0n) is 13.1. The van der Waals surface area contributed by atoms with E-state index in [0.717, 1.165) is 30.0 Å². The Labute approximate surface area is 123 Å². The van der Waals surface area contributed by atoms with Crippen LogP contribution in [0.1, 0.15) is 38.5 Å². The van der Waals surface area contributed by atoms with Gasteiger partial charge in [0, 0.05) is 26.2 Å². The number of rotatable bonds is 4. The van der Waals surface area contributed by atoms with Crippen LogP contribution >= 0.6 is 0 Å². The minimum absolute atomic E-state index is 0.443. The van der Waals surface area contributed by atoms with Crippen LogP contribution < -0.4 is 0 Å². The van der Waals surface area contributed by atoms with Gasteiger partial charge in [-0.15, -0.1) is 0 Å². The van der Waals surface area contributed by atoms with E-state index in [-0.39, 0.29) is 0 Å². The molecule has 0 spiro atoms. The molecule has 0 aromatic carbocycles. The van der Waals surface area contributed by atoms with Gasteiger partial charge >= 0.3 is 0 Å². The third-order valence-electron chi connectivity index (χ3n) is 5.97. The maximum absolute atomic E-state index is 9.16. The molecule has 4 fully saturated rings. The van der Waals surface area contributed by atoms with Crippen molar-refractivity contribution in [2.75, 3.05) is 27.7 Å². The van der Waals surface area contributed by atoms with Crippen molar-refractivity contribution in [3.05, 3.63) is 11.8 Å². The summed E-state index contributed by atoms with van der Waals surface area (Å²) in [5.41, 5.74) is 1.22. The van der Waals surface area contributed by atoms with Crippen molar-refractivity contribution in [1.29, 1.82) is 5.26 Å². The standard InChI is InChI=1S/C17H27N3/c1-19(2)16(12-18)4-5-20(3)17-9-13-6-14(10-17)8-15(7-13)11-17/h4,13-15H,5-11H2,1-3H3/b16-4+. The predicted molar refractivity (Wildman–Crippen MR) is 80.9 cm³/mol. The summed E-state index contributed by atoms with van der Waals surface area (Å²) in [5.74, 6) is 2.95. The largest absolute Gasteiger partial charge is 0.369 e. The van der Waals surface area contributed by atoms with E-state index in [1.807, 2.05) is 19.0 Å². The molecule has 4 saturated carbocycles. The first-order chi connectivity index (χ1) is 9.52. The topological polar surface area (TPSA) is 30.3 Å². The van der Waals surface area contributed by atoms with Gasteiger partial charge < -0.3 is 4.90 Å². The summed E-state index contributed by atoms with van der Waals surface area (Å²) in [5, 5.41) is 9.16. The Balaban J connectivity index is 1.71. The fraction of sp³-hybridized carbons (Fsp3) is 0.824. The van der Waals surface area contributed by atoms with Gasteiger partial charge in [0.1, 0.15) is 11.8 Å². The van der Waals surface area contributed by atoms with Crippen LogP contribution in [0.15, 0.2) is 11.8 Å². The number of allylic oxidation sites excluding steroid dienone is 1. The second kappa shape index (κ2) is 5.07. The summed E-state index contributed by atoms with van der Waals surface area (Å²) < 4.78 is 0. The third-order valence-corrected chi connectivity index (χ3v) is 5.97. The van der Waals surface area contributed by atoms with Gasteiger partial charge in [-0.3, -0.25) is 4.90 Å². The molecule has 4 rings (SSSR count). The van der Waals surface area contributed by atoms with Crippen molar-refractivity contribution >= 4 is 0 Å². The Bertz CT molecular complexity index is 408. The van der Waals surface area contributed by atoms with Crippen molar-refractivity contribution < 1.29 is 0 Å². The quantitative estimate of drug-likeness (QED) is 0.738. The first kappa shape index (κ1) is 13.9. The second-order valence-electron chi connectivity index (χ2n) is 7.62. The zero-order chi connectivity index (χ0) is 14.3. The fourth-order valence-corrected chi connectivity index (χ4v) is 5.28. The number of likely N-dealkylation sites (N-methyl/N-ethyl adjacent to an activating group) is 1.